The zero-order chi connectivity index (χ0) is 13.7. The first-order valence-corrected chi connectivity index (χ1v) is 5.31. The first-order chi connectivity index (χ1) is 8.51. The first-order valence-electron chi connectivity index (χ1n) is 5.31. The van der Waals surface area contributed by atoms with Gasteiger partial charge in [-0.25, -0.2) is 0 Å². The number of hydrogen-bond donors (Lipinski definition) is 2. The quantitative estimate of drug-likeness (QED) is 0.564. The summed E-state index contributed by atoms with van der Waals surface area (Å²) >= 11 is 0. The number of anilines is 1. The maximum absolute atomic E-state index is 12.0. The number of carbonyl (C=O) groups excluding carboxylic acids is 1. The number of likely N-dealkylation sites (N-methyl/N-ethyl adjacent to an activating group) is 1. The Morgan fingerprint density at radius 2 is 2.33 bits per heavy atom. The molecule has 0 bridgehead atoms. The van der Waals surface area contributed by atoms with Crippen molar-refractivity contribution < 1.29 is 14.8 Å². The normalized spacial score (nSPS) is 10.1. The van der Waals surface area contributed by atoms with Crippen LogP contribution in [-0.2, 0) is 0 Å². The molecule has 1 heterocycles. The van der Waals surface area contributed by atoms with Gasteiger partial charge in [0.25, 0.3) is 5.91 Å². The Labute approximate surface area is 103 Å². The summed E-state index contributed by atoms with van der Waals surface area (Å²) in [5, 5.41) is 19.4. The Bertz CT molecular complexity index is 463. The zero-order valence-electron chi connectivity index (χ0n) is 9.87. The molecule has 1 aromatic heterocycles. The van der Waals surface area contributed by atoms with Crippen LogP contribution < -0.4 is 5.73 Å². The molecule has 0 unspecified atom stereocenters. The number of aromatic nitrogens is 1. The van der Waals surface area contributed by atoms with Crippen LogP contribution in [0.2, 0.25) is 0 Å². The predicted molar refractivity (Wildman–Crippen MR) is 64.0 cm³/mol. The lowest BCUT2D eigenvalue weighted by Crippen LogP contribution is -2.33. The Hall–Kier alpha value is -2.22. The Morgan fingerprint density at radius 1 is 1.67 bits per heavy atom. The molecule has 8 nitrogen and oxygen atoms in total. The van der Waals surface area contributed by atoms with Crippen LogP contribution in [0.4, 0.5) is 11.5 Å². The highest BCUT2D eigenvalue weighted by molar-refractivity contribution is 5.99. The molecule has 0 fully saturated rings. The Balaban J connectivity index is 3.10. The summed E-state index contributed by atoms with van der Waals surface area (Å²) in [5.74, 6) is -0.901. The van der Waals surface area contributed by atoms with Gasteiger partial charge in [0.2, 0.25) is 0 Å². The molecule has 1 amide bonds. The van der Waals surface area contributed by atoms with E-state index < -0.39 is 16.6 Å². The minimum Gasteiger partial charge on any atom is -0.395 e. The smallest absolute Gasteiger partial charge is 0.364 e. The van der Waals surface area contributed by atoms with E-state index in [1.54, 1.807) is 6.92 Å². The number of nitro groups is 1. The molecule has 1 aromatic rings. The third-order valence-electron chi connectivity index (χ3n) is 2.38. The van der Waals surface area contributed by atoms with Crippen LogP contribution >= 0.6 is 0 Å². The van der Waals surface area contributed by atoms with Crippen LogP contribution in [0.3, 0.4) is 0 Å². The second-order valence-electron chi connectivity index (χ2n) is 3.50. The van der Waals surface area contributed by atoms with E-state index in [1.807, 2.05) is 0 Å². The molecule has 3 N–H and O–H groups in total. The summed E-state index contributed by atoms with van der Waals surface area (Å²) < 4.78 is 0. The van der Waals surface area contributed by atoms with E-state index in [2.05, 4.69) is 4.98 Å². The molecule has 18 heavy (non-hydrogen) atoms. The van der Waals surface area contributed by atoms with Gasteiger partial charge in [-0.15, -0.1) is 0 Å². The lowest BCUT2D eigenvalue weighted by molar-refractivity contribution is -0.389. The summed E-state index contributed by atoms with van der Waals surface area (Å²) in [6.07, 6.45) is 1.08. The van der Waals surface area contributed by atoms with Gasteiger partial charge >= 0.3 is 5.82 Å². The summed E-state index contributed by atoms with van der Waals surface area (Å²) in [6, 6.07) is 1.04. The van der Waals surface area contributed by atoms with Gasteiger partial charge < -0.3 is 25.9 Å². The van der Waals surface area contributed by atoms with Gasteiger partial charge in [0.1, 0.15) is 0 Å². The number of nitrogen functional groups attached to an aromatic ring is 1. The molecule has 0 atom stereocenters. The molecule has 98 valence electrons. The molecule has 1 rings (SSSR count). The average molecular weight is 254 g/mol. The van der Waals surface area contributed by atoms with Crippen molar-refractivity contribution in [1.82, 2.24) is 9.88 Å². The van der Waals surface area contributed by atoms with Crippen molar-refractivity contribution in [2.75, 3.05) is 25.4 Å². The number of nitrogens with two attached hydrogens (primary N) is 1. The number of aliphatic hydroxyl groups excluding tert-OH is 1. The second-order valence-corrected chi connectivity index (χ2v) is 3.50. The maximum atomic E-state index is 12.0. The van der Waals surface area contributed by atoms with E-state index in [9.17, 15) is 14.9 Å². The van der Waals surface area contributed by atoms with Gasteiger partial charge in [-0.2, -0.15) is 0 Å². The van der Waals surface area contributed by atoms with E-state index in [0.29, 0.717) is 6.54 Å². The zero-order valence-corrected chi connectivity index (χ0v) is 9.87. The highest BCUT2D eigenvalue weighted by atomic mass is 16.6. The summed E-state index contributed by atoms with van der Waals surface area (Å²) in [7, 11) is 0. The van der Waals surface area contributed by atoms with E-state index in [1.165, 1.54) is 4.90 Å². The fourth-order valence-electron chi connectivity index (χ4n) is 1.43. The minimum absolute atomic E-state index is 0.0204. The van der Waals surface area contributed by atoms with Gasteiger partial charge in [0.15, 0.2) is 6.20 Å². The SMILES string of the molecule is CCN(CCO)C(=O)c1cc([N+](=O)[O-])ncc1N. The lowest BCUT2D eigenvalue weighted by Gasteiger charge is -2.19. The Kier molecular flexibility index (Phi) is 4.55. The van der Waals surface area contributed by atoms with E-state index in [-0.39, 0.29) is 24.4 Å². The van der Waals surface area contributed by atoms with Gasteiger partial charge in [-0.1, -0.05) is 0 Å². The van der Waals surface area contributed by atoms with Crippen molar-refractivity contribution in [2.24, 2.45) is 0 Å². The van der Waals surface area contributed by atoms with Gasteiger partial charge in [0, 0.05) is 13.1 Å². The van der Waals surface area contributed by atoms with Crippen molar-refractivity contribution in [3.63, 3.8) is 0 Å². The fraction of sp³-hybridized carbons (Fsp3) is 0.400. The lowest BCUT2D eigenvalue weighted by atomic mass is 10.2. The second kappa shape index (κ2) is 5.92. The van der Waals surface area contributed by atoms with Crippen molar-refractivity contribution in [2.45, 2.75) is 6.92 Å². The molecular weight excluding hydrogens is 240 g/mol. The summed E-state index contributed by atoms with van der Waals surface area (Å²) in [6.45, 7) is 2.06. The number of nitrogens with zero attached hydrogens (tertiary/aromatic N) is 3. The number of pyridine rings is 1. The largest absolute Gasteiger partial charge is 0.395 e. The van der Waals surface area contributed by atoms with Crippen LogP contribution in [0.5, 0.6) is 0 Å². The molecule has 0 aliphatic carbocycles. The number of carbonyl (C=O) groups is 1. The molecular formula is C10H14N4O4. The minimum atomic E-state index is -0.696. The Morgan fingerprint density at radius 3 is 2.83 bits per heavy atom. The van der Waals surface area contributed by atoms with E-state index in [4.69, 9.17) is 10.8 Å². The van der Waals surface area contributed by atoms with Crippen LogP contribution in [-0.4, -0.2) is 45.5 Å². The topological polar surface area (TPSA) is 123 Å². The third kappa shape index (κ3) is 2.92. The molecule has 0 aliphatic rings. The molecule has 8 heteroatoms. The number of amides is 1. The van der Waals surface area contributed by atoms with Crippen LogP contribution in [0.1, 0.15) is 17.3 Å². The van der Waals surface area contributed by atoms with Gasteiger partial charge in [-0.3, -0.25) is 4.79 Å². The molecule has 0 spiro atoms. The predicted octanol–water partition coefficient (Wildman–Crippen LogP) is 0.0264. The summed E-state index contributed by atoms with van der Waals surface area (Å²) in [4.78, 5) is 26.8. The average Bonchev–Trinajstić information content (AvgIpc) is 2.35. The van der Waals surface area contributed by atoms with E-state index in [0.717, 1.165) is 12.3 Å². The van der Waals surface area contributed by atoms with Crippen molar-refractivity contribution >= 4 is 17.4 Å². The monoisotopic (exact) mass is 254 g/mol. The molecule has 0 saturated heterocycles. The highest BCUT2D eigenvalue weighted by Crippen LogP contribution is 2.18. The summed E-state index contributed by atoms with van der Waals surface area (Å²) in [5.41, 5.74) is 5.68. The van der Waals surface area contributed by atoms with Crippen molar-refractivity contribution in [1.29, 1.82) is 0 Å². The number of hydrogen-bond acceptors (Lipinski definition) is 6. The standard InChI is InChI=1S/C10H14N4O4/c1-2-13(3-4-15)10(16)7-5-9(14(17)18)12-6-8(7)11/h5-6,15H,2-4,11H2,1H3. The number of aliphatic hydroxyl groups is 1. The third-order valence-corrected chi connectivity index (χ3v) is 2.38. The van der Waals surface area contributed by atoms with Crippen molar-refractivity contribution in [3.8, 4) is 0 Å². The van der Waals surface area contributed by atoms with Gasteiger partial charge in [0.05, 0.1) is 23.9 Å². The fourth-order valence-corrected chi connectivity index (χ4v) is 1.43. The molecule has 0 aromatic carbocycles. The van der Waals surface area contributed by atoms with Crippen molar-refractivity contribution in [3.05, 3.63) is 27.9 Å². The van der Waals surface area contributed by atoms with Crippen LogP contribution in [0, 0.1) is 10.1 Å². The van der Waals surface area contributed by atoms with Crippen LogP contribution in [0.25, 0.3) is 0 Å². The van der Waals surface area contributed by atoms with E-state index >= 15 is 0 Å². The molecule has 0 radical (unpaired) electrons. The number of rotatable bonds is 5. The highest BCUT2D eigenvalue weighted by Gasteiger charge is 2.21. The van der Waals surface area contributed by atoms with Crippen LogP contribution in [0.15, 0.2) is 12.3 Å². The maximum Gasteiger partial charge on any atom is 0.364 e. The molecule has 0 aliphatic heterocycles. The molecule has 0 saturated carbocycles. The van der Waals surface area contributed by atoms with Gasteiger partial charge in [-0.05, 0) is 16.8 Å². The first kappa shape index (κ1) is 13.8.